The number of ether oxygens (including phenoxy) is 1. The van der Waals surface area contributed by atoms with Crippen molar-refractivity contribution in [2.45, 2.75) is 51.1 Å². The van der Waals surface area contributed by atoms with Crippen molar-refractivity contribution in [2.75, 3.05) is 14.2 Å². The fourth-order valence-electron chi connectivity index (χ4n) is 3.03. The van der Waals surface area contributed by atoms with Crippen LogP contribution in [0.1, 0.15) is 50.6 Å². The first-order valence-electron chi connectivity index (χ1n) is 8.24. The van der Waals surface area contributed by atoms with Crippen LogP contribution in [0.3, 0.4) is 0 Å². The van der Waals surface area contributed by atoms with Gasteiger partial charge in [0.2, 0.25) is 0 Å². The first-order chi connectivity index (χ1) is 11.0. The maximum absolute atomic E-state index is 12.3. The third-order valence-corrected chi connectivity index (χ3v) is 4.60. The van der Waals surface area contributed by atoms with Crippen molar-refractivity contribution in [3.05, 3.63) is 29.8 Å². The van der Waals surface area contributed by atoms with Gasteiger partial charge in [-0.2, -0.15) is 0 Å². The molecule has 0 aliphatic heterocycles. The molecular weight excluding hydrogens is 292 g/mol. The summed E-state index contributed by atoms with van der Waals surface area (Å²) in [7, 11) is 3.34. The summed E-state index contributed by atoms with van der Waals surface area (Å²) in [6.45, 7) is 1.87. The zero-order valence-electron chi connectivity index (χ0n) is 14.2. The topological polar surface area (TPSA) is 58.6 Å². The Morgan fingerprint density at radius 3 is 2.35 bits per heavy atom. The number of carbonyl (C=O) groups is 2. The largest absolute Gasteiger partial charge is 0.497 e. The Morgan fingerprint density at radius 1 is 1.17 bits per heavy atom. The SMILES string of the molecule is COc1ccc(C(C)NC(=O)C(=O)N(C)C2CCCCC2)cc1. The highest BCUT2D eigenvalue weighted by Crippen LogP contribution is 2.22. The van der Waals surface area contributed by atoms with Crippen molar-refractivity contribution in [3.63, 3.8) is 0 Å². The van der Waals surface area contributed by atoms with Crippen LogP contribution >= 0.6 is 0 Å². The normalized spacial score (nSPS) is 16.5. The van der Waals surface area contributed by atoms with Gasteiger partial charge < -0.3 is 15.0 Å². The van der Waals surface area contributed by atoms with Crippen LogP contribution in [0.2, 0.25) is 0 Å². The molecule has 1 aliphatic carbocycles. The molecule has 1 aromatic rings. The van der Waals surface area contributed by atoms with E-state index in [-0.39, 0.29) is 12.1 Å². The lowest BCUT2D eigenvalue weighted by molar-refractivity contribution is -0.147. The van der Waals surface area contributed by atoms with E-state index in [1.165, 1.54) is 6.42 Å². The Hall–Kier alpha value is -2.04. The number of nitrogens with zero attached hydrogens (tertiary/aromatic N) is 1. The lowest BCUT2D eigenvalue weighted by Gasteiger charge is -2.31. The summed E-state index contributed by atoms with van der Waals surface area (Å²) < 4.78 is 5.12. The lowest BCUT2D eigenvalue weighted by atomic mass is 9.94. The Kier molecular flexibility index (Phi) is 6.02. The van der Waals surface area contributed by atoms with Crippen molar-refractivity contribution in [3.8, 4) is 5.75 Å². The predicted molar refractivity (Wildman–Crippen MR) is 89.2 cm³/mol. The lowest BCUT2D eigenvalue weighted by Crippen LogP contribution is -2.46. The number of methoxy groups -OCH3 is 1. The number of likely N-dealkylation sites (N-methyl/N-ethyl adjacent to an activating group) is 1. The molecule has 0 aromatic heterocycles. The first kappa shape index (κ1) is 17.3. The molecule has 1 N–H and O–H groups in total. The van der Waals surface area contributed by atoms with E-state index in [2.05, 4.69) is 5.32 Å². The number of amides is 2. The molecule has 5 heteroatoms. The zero-order chi connectivity index (χ0) is 16.8. The minimum absolute atomic E-state index is 0.193. The van der Waals surface area contributed by atoms with E-state index in [1.807, 2.05) is 31.2 Å². The number of hydrogen-bond donors (Lipinski definition) is 1. The fourth-order valence-corrected chi connectivity index (χ4v) is 3.03. The second-order valence-corrected chi connectivity index (χ2v) is 6.18. The molecule has 0 heterocycles. The molecule has 1 fully saturated rings. The molecule has 0 spiro atoms. The quantitative estimate of drug-likeness (QED) is 0.868. The van der Waals surface area contributed by atoms with Gasteiger partial charge in [0.15, 0.2) is 0 Å². The minimum atomic E-state index is -0.540. The summed E-state index contributed by atoms with van der Waals surface area (Å²) in [6.07, 6.45) is 5.46. The maximum atomic E-state index is 12.3. The Labute approximate surface area is 138 Å². The molecule has 1 atom stereocenters. The molecule has 0 bridgehead atoms. The predicted octanol–water partition coefficient (Wildman–Crippen LogP) is 2.66. The highest BCUT2D eigenvalue weighted by Gasteiger charge is 2.27. The van der Waals surface area contributed by atoms with Crippen molar-refractivity contribution in [1.82, 2.24) is 10.2 Å². The van der Waals surface area contributed by atoms with E-state index in [0.717, 1.165) is 37.0 Å². The summed E-state index contributed by atoms with van der Waals surface area (Å²) in [5.74, 6) is -0.223. The molecular formula is C18H26N2O3. The minimum Gasteiger partial charge on any atom is -0.497 e. The summed E-state index contributed by atoms with van der Waals surface area (Å²) in [5, 5.41) is 2.78. The molecule has 23 heavy (non-hydrogen) atoms. The van der Waals surface area contributed by atoms with Gasteiger partial charge in [0, 0.05) is 13.1 Å². The molecule has 5 nitrogen and oxygen atoms in total. The van der Waals surface area contributed by atoms with Crippen LogP contribution in [-0.2, 0) is 9.59 Å². The van der Waals surface area contributed by atoms with Crippen molar-refractivity contribution < 1.29 is 14.3 Å². The summed E-state index contributed by atoms with van der Waals surface area (Å²) in [5.41, 5.74) is 0.937. The van der Waals surface area contributed by atoms with E-state index in [9.17, 15) is 9.59 Å². The Morgan fingerprint density at radius 2 is 1.78 bits per heavy atom. The third kappa shape index (κ3) is 4.47. The molecule has 1 unspecified atom stereocenters. The van der Waals surface area contributed by atoms with Gasteiger partial charge in [0.05, 0.1) is 13.2 Å². The number of nitrogens with one attached hydrogen (secondary N) is 1. The number of hydrogen-bond acceptors (Lipinski definition) is 3. The molecule has 2 rings (SSSR count). The number of rotatable bonds is 4. The van der Waals surface area contributed by atoms with E-state index < -0.39 is 11.8 Å². The monoisotopic (exact) mass is 318 g/mol. The van der Waals surface area contributed by atoms with Gasteiger partial charge in [-0.25, -0.2) is 0 Å². The van der Waals surface area contributed by atoms with Gasteiger partial charge in [-0.1, -0.05) is 31.4 Å². The second kappa shape index (κ2) is 7.99. The number of benzene rings is 1. The molecule has 0 saturated heterocycles. The van der Waals surface area contributed by atoms with Gasteiger partial charge in [-0.15, -0.1) is 0 Å². The molecule has 1 aliphatic rings. The van der Waals surface area contributed by atoms with E-state index in [0.29, 0.717) is 0 Å². The average Bonchev–Trinajstić information content (AvgIpc) is 2.61. The first-order valence-corrected chi connectivity index (χ1v) is 8.24. The van der Waals surface area contributed by atoms with Gasteiger partial charge in [-0.05, 0) is 37.5 Å². The van der Waals surface area contributed by atoms with E-state index in [1.54, 1.807) is 19.1 Å². The van der Waals surface area contributed by atoms with E-state index in [4.69, 9.17) is 4.74 Å². The van der Waals surface area contributed by atoms with Crippen LogP contribution in [-0.4, -0.2) is 36.9 Å². The van der Waals surface area contributed by atoms with Crippen molar-refractivity contribution in [1.29, 1.82) is 0 Å². The van der Waals surface area contributed by atoms with Crippen LogP contribution in [0.4, 0.5) is 0 Å². The molecule has 2 amide bonds. The van der Waals surface area contributed by atoms with Crippen LogP contribution in [0.25, 0.3) is 0 Å². The summed E-state index contributed by atoms with van der Waals surface area (Å²) >= 11 is 0. The fraction of sp³-hybridized carbons (Fsp3) is 0.556. The average molecular weight is 318 g/mol. The van der Waals surface area contributed by atoms with Crippen LogP contribution in [0.15, 0.2) is 24.3 Å². The number of carbonyl (C=O) groups excluding carboxylic acids is 2. The molecule has 126 valence electrons. The molecule has 1 saturated carbocycles. The second-order valence-electron chi connectivity index (χ2n) is 6.18. The standard InChI is InChI=1S/C18H26N2O3/c1-13(14-9-11-16(23-3)12-10-14)19-17(21)18(22)20(2)15-7-5-4-6-8-15/h9-13,15H,4-8H2,1-3H3,(H,19,21). The Balaban J connectivity index is 1.92. The smallest absolute Gasteiger partial charge is 0.311 e. The Bertz CT molecular complexity index is 536. The summed E-state index contributed by atoms with van der Waals surface area (Å²) in [4.78, 5) is 26.1. The molecule has 0 radical (unpaired) electrons. The van der Waals surface area contributed by atoms with E-state index >= 15 is 0 Å². The van der Waals surface area contributed by atoms with Crippen LogP contribution < -0.4 is 10.1 Å². The van der Waals surface area contributed by atoms with Crippen molar-refractivity contribution in [2.24, 2.45) is 0 Å². The molecule has 1 aromatic carbocycles. The third-order valence-electron chi connectivity index (χ3n) is 4.60. The van der Waals surface area contributed by atoms with Gasteiger partial charge in [0.25, 0.3) is 0 Å². The van der Waals surface area contributed by atoms with Crippen LogP contribution in [0.5, 0.6) is 5.75 Å². The zero-order valence-corrected chi connectivity index (χ0v) is 14.2. The summed E-state index contributed by atoms with van der Waals surface area (Å²) in [6, 6.07) is 7.43. The van der Waals surface area contributed by atoms with Gasteiger partial charge in [0.1, 0.15) is 5.75 Å². The highest BCUT2D eigenvalue weighted by atomic mass is 16.5. The van der Waals surface area contributed by atoms with Gasteiger partial charge >= 0.3 is 11.8 Å². The maximum Gasteiger partial charge on any atom is 0.311 e. The van der Waals surface area contributed by atoms with Crippen LogP contribution in [0, 0.1) is 0 Å². The highest BCUT2D eigenvalue weighted by molar-refractivity contribution is 6.35. The van der Waals surface area contributed by atoms with Gasteiger partial charge in [-0.3, -0.25) is 9.59 Å². The van der Waals surface area contributed by atoms with Crippen molar-refractivity contribution >= 4 is 11.8 Å².